The average molecular weight is 376 g/mol. The molecule has 0 aliphatic carbocycles. The molecule has 1 aliphatic rings. The molecule has 1 saturated heterocycles. The van der Waals surface area contributed by atoms with Gasteiger partial charge in [-0.3, -0.25) is 4.79 Å². The highest BCUT2D eigenvalue weighted by Gasteiger charge is 2.30. The lowest BCUT2D eigenvalue weighted by molar-refractivity contribution is -0.141. The Labute approximate surface area is 136 Å². The molecule has 1 aromatic rings. The fourth-order valence-electron chi connectivity index (χ4n) is 2.30. The van der Waals surface area contributed by atoms with E-state index in [0.29, 0.717) is 31.0 Å². The van der Waals surface area contributed by atoms with Crippen molar-refractivity contribution in [3.05, 3.63) is 33.3 Å². The first-order valence-corrected chi connectivity index (χ1v) is 7.84. The van der Waals surface area contributed by atoms with E-state index in [4.69, 9.17) is 16.7 Å². The highest BCUT2D eigenvalue weighted by Crippen LogP contribution is 2.21. The van der Waals surface area contributed by atoms with E-state index in [1.165, 1.54) is 0 Å². The van der Waals surface area contributed by atoms with Crippen LogP contribution in [0.1, 0.15) is 12.0 Å². The van der Waals surface area contributed by atoms with Crippen LogP contribution in [-0.2, 0) is 11.2 Å². The largest absolute Gasteiger partial charge is 0.481 e. The molecule has 2 N–H and O–H groups in total. The minimum atomic E-state index is -0.840. The third kappa shape index (κ3) is 4.35. The maximum absolute atomic E-state index is 11.9. The van der Waals surface area contributed by atoms with E-state index in [9.17, 15) is 9.59 Å². The highest BCUT2D eigenvalue weighted by molar-refractivity contribution is 9.10. The van der Waals surface area contributed by atoms with Gasteiger partial charge in [0.2, 0.25) is 0 Å². The van der Waals surface area contributed by atoms with E-state index in [0.717, 1.165) is 10.0 Å². The number of nitrogens with one attached hydrogen (secondary N) is 1. The number of hydrogen-bond donors (Lipinski definition) is 2. The number of carbonyl (C=O) groups is 2. The summed E-state index contributed by atoms with van der Waals surface area (Å²) in [7, 11) is 0. The number of benzene rings is 1. The number of carboxylic acids is 1. The second kappa shape index (κ2) is 7.13. The van der Waals surface area contributed by atoms with Gasteiger partial charge >= 0.3 is 12.0 Å². The topological polar surface area (TPSA) is 69.6 Å². The minimum absolute atomic E-state index is 0.211. The second-order valence-corrected chi connectivity index (χ2v) is 6.28. The van der Waals surface area contributed by atoms with Gasteiger partial charge < -0.3 is 15.3 Å². The van der Waals surface area contributed by atoms with Crippen LogP contribution in [0.15, 0.2) is 22.7 Å². The Balaban J connectivity index is 1.80. The molecule has 5 nitrogen and oxygen atoms in total. The lowest BCUT2D eigenvalue weighted by Crippen LogP contribution is -2.39. The molecule has 1 aromatic carbocycles. The van der Waals surface area contributed by atoms with Crippen molar-refractivity contribution in [1.82, 2.24) is 10.2 Å². The van der Waals surface area contributed by atoms with Crippen molar-refractivity contribution in [2.45, 2.75) is 12.8 Å². The first-order valence-electron chi connectivity index (χ1n) is 6.67. The standard InChI is InChI=1S/C14H16BrClN2O3/c15-12-2-1-11(16)7-9(12)3-5-17-14(21)18-6-4-10(8-18)13(19)20/h1-2,7,10H,3-6,8H2,(H,17,21)(H,19,20). The van der Waals surface area contributed by atoms with Crippen LogP contribution in [-0.4, -0.2) is 41.6 Å². The molecule has 1 aliphatic heterocycles. The Morgan fingerprint density at radius 3 is 2.90 bits per heavy atom. The monoisotopic (exact) mass is 374 g/mol. The van der Waals surface area contributed by atoms with Crippen LogP contribution in [0.3, 0.4) is 0 Å². The van der Waals surface area contributed by atoms with Crippen LogP contribution in [0.2, 0.25) is 5.02 Å². The number of amides is 2. The van der Waals surface area contributed by atoms with Crippen molar-refractivity contribution < 1.29 is 14.7 Å². The number of likely N-dealkylation sites (tertiary alicyclic amines) is 1. The number of aliphatic carboxylic acids is 1. The van der Waals surface area contributed by atoms with E-state index < -0.39 is 11.9 Å². The summed E-state index contributed by atoms with van der Waals surface area (Å²) >= 11 is 9.38. The molecule has 1 atom stereocenters. The van der Waals surface area contributed by atoms with Gasteiger partial charge in [0, 0.05) is 29.1 Å². The molecule has 2 rings (SSSR count). The number of hydrogen-bond acceptors (Lipinski definition) is 2. The molecule has 1 fully saturated rings. The molecule has 21 heavy (non-hydrogen) atoms. The molecular formula is C14H16BrClN2O3. The molecule has 0 bridgehead atoms. The molecule has 0 spiro atoms. The van der Waals surface area contributed by atoms with Gasteiger partial charge in [0.1, 0.15) is 0 Å². The van der Waals surface area contributed by atoms with Crippen LogP contribution < -0.4 is 5.32 Å². The summed E-state index contributed by atoms with van der Waals surface area (Å²) in [5, 5.41) is 12.4. The van der Waals surface area contributed by atoms with Gasteiger partial charge in [-0.1, -0.05) is 27.5 Å². The zero-order valence-corrected chi connectivity index (χ0v) is 13.7. The zero-order valence-electron chi connectivity index (χ0n) is 11.3. The number of rotatable bonds is 4. The molecule has 7 heteroatoms. The van der Waals surface area contributed by atoms with Crippen LogP contribution in [0.25, 0.3) is 0 Å². The molecule has 114 valence electrons. The van der Waals surface area contributed by atoms with Gasteiger partial charge in [0.05, 0.1) is 5.92 Å². The Morgan fingerprint density at radius 1 is 1.48 bits per heavy atom. The summed E-state index contributed by atoms with van der Waals surface area (Å²) in [5.74, 6) is -1.29. The first-order chi connectivity index (χ1) is 9.97. The van der Waals surface area contributed by atoms with Crippen LogP contribution in [0.4, 0.5) is 4.79 Å². The maximum Gasteiger partial charge on any atom is 0.317 e. The van der Waals surface area contributed by atoms with Crippen molar-refractivity contribution >= 4 is 39.5 Å². The fourth-order valence-corrected chi connectivity index (χ4v) is 2.94. The van der Waals surface area contributed by atoms with Gasteiger partial charge in [-0.25, -0.2) is 4.79 Å². The molecule has 1 unspecified atom stereocenters. The van der Waals surface area contributed by atoms with Gasteiger partial charge in [-0.05, 0) is 36.6 Å². The summed E-state index contributed by atoms with van der Waals surface area (Å²) < 4.78 is 0.952. The lowest BCUT2D eigenvalue weighted by atomic mass is 10.1. The van der Waals surface area contributed by atoms with Crippen LogP contribution >= 0.6 is 27.5 Å². The molecule has 1 heterocycles. The molecule has 0 aromatic heterocycles. The normalized spacial score (nSPS) is 17.8. The Morgan fingerprint density at radius 2 is 2.24 bits per heavy atom. The number of nitrogens with zero attached hydrogens (tertiary/aromatic N) is 1. The third-order valence-electron chi connectivity index (χ3n) is 3.50. The van der Waals surface area contributed by atoms with Gasteiger partial charge in [-0.2, -0.15) is 0 Å². The smallest absolute Gasteiger partial charge is 0.317 e. The van der Waals surface area contributed by atoms with E-state index >= 15 is 0 Å². The summed E-state index contributed by atoms with van der Waals surface area (Å²) in [5.41, 5.74) is 1.02. The van der Waals surface area contributed by atoms with Crippen molar-refractivity contribution in [3.63, 3.8) is 0 Å². The predicted octanol–water partition coefficient (Wildman–Crippen LogP) is 2.76. The molecule has 2 amide bonds. The predicted molar refractivity (Wildman–Crippen MR) is 83.6 cm³/mol. The van der Waals surface area contributed by atoms with E-state index in [-0.39, 0.29) is 12.6 Å². The second-order valence-electron chi connectivity index (χ2n) is 4.99. The lowest BCUT2D eigenvalue weighted by Gasteiger charge is -2.17. The summed E-state index contributed by atoms with van der Waals surface area (Å²) in [6.07, 6.45) is 1.17. The summed E-state index contributed by atoms with van der Waals surface area (Å²) in [4.78, 5) is 24.3. The van der Waals surface area contributed by atoms with Crippen molar-refractivity contribution in [3.8, 4) is 0 Å². The fraction of sp³-hybridized carbons (Fsp3) is 0.429. The Kier molecular flexibility index (Phi) is 5.47. The average Bonchev–Trinajstić information content (AvgIpc) is 2.92. The maximum atomic E-state index is 11.9. The Hall–Kier alpha value is -1.27. The number of carbonyl (C=O) groups excluding carboxylic acids is 1. The SMILES string of the molecule is O=C(O)C1CCN(C(=O)NCCc2cc(Cl)ccc2Br)C1. The zero-order chi connectivity index (χ0) is 15.4. The molecule has 0 saturated carbocycles. The summed E-state index contributed by atoms with van der Waals surface area (Å²) in [6.45, 7) is 1.25. The van der Waals surface area contributed by atoms with E-state index in [1.54, 1.807) is 11.0 Å². The number of urea groups is 1. The summed E-state index contributed by atoms with van der Waals surface area (Å²) in [6, 6.07) is 5.31. The van der Waals surface area contributed by atoms with Gasteiger partial charge in [0.15, 0.2) is 0 Å². The Bertz CT molecular complexity index is 553. The van der Waals surface area contributed by atoms with Crippen molar-refractivity contribution in [2.75, 3.05) is 19.6 Å². The van der Waals surface area contributed by atoms with Crippen LogP contribution in [0, 0.1) is 5.92 Å². The molecule has 0 radical (unpaired) electrons. The first kappa shape index (κ1) is 16.1. The highest BCUT2D eigenvalue weighted by atomic mass is 79.9. The molecular weight excluding hydrogens is 360 g/mol. The minimum Gasteiger partial charge on any atom is -0.481 e. The van der Waals surface area contributed by atoms with E-state index in [2.05, 4.69) is 21.2 Å². The van der Waals surface area contributed by atoms with Gasteiger partial charge in [0.25, 0.3) is 0 Å². The van der Waals surface area contributed by atoms with Crippen LogP contribution in [0.5, 0.6) is 0 Å². The number of carboxylic acid groups (broad SMARTS) is 1. The van der Waals surface area contributed by atoms with Crippen molar-refractivity contribution in [2.24, 2.45) is 5.92 Å². The number of halogens is 2. The van der Waals surface area contributed by atoms with E-state index in [1.807, 2.05) is 12.1 Å². The van der Waals surface area contributed by atoms with Gasteiger partial charge in [-0.15, -0.1) is 0 Å². The third-order valence-corrected chi connectivity index (χ3v) is 4.51. The quantitative estimate of drug-likeness (QED) is 0.850. The van der Waals surface area contributed by atoms with Crippen molar-refractivity contribution in [1.29, 1.82) is 0 Å².